The molecule has 5 rings (SSSR count). The van der Waals surface area contributed by atoms with E-state index in [0.29, 0.717) is 42.1 Å². The van der Waals surface area contributed by atoms with E-state index in [4.69, 9.17) is 18.8 Å². The number of hydrogen-bond acceptors (Lipinski definition) is 10. The number of carbonyl (C=O) groups excluding carboxylic acids is 2. The molecule has 234 valence electrons. The summed E-state index contributed by atoms with van der Waals surface area (Å²) in [5, 5.41) is 6.53. The number of nitrogens with zero attached hydrogens (tertiary/aromatic N) is 1. The zero-order chi connectivity index (χ0) is 32.3. The molecule has 12 nitrogen and oxygen atoms in total. The Morgan fingerprint density at radius 3 is 2.00 bits per heavy atom. The number of aldehydes is 1. The van der Waals surface area contributed by atoms with Gasteiger partial charge in [-0.3, -0.25) is 18.5 Å². The predicted molar refractivity (Wildman–Crippen MR) is 162 cm³/mol. The Balaban J connectivity index is 0.000000215. The van der Waals surface area contributed by atoms with Crippen LogP contribution in [0.1, 0.15) is 12.8 Å². The number of pyridine rings is 1. The van der Waals surface area contributed by atoms with E-state index in [-0.39, 0.29) is 11.7 Å². The molecular formula is C30H32FN3O9S. The van der Waals surface area contributed by atoms with E-state index < -0.39 is 15.8 Å². The molecule has 0 saturated heterocycles. The van der Waals surface area contributed by atoms with Crippen LogP contribution in [0.5, 0.6) is 23.0 Å². The Kier molecular flexibility index (Phi) is 11.6. The molecule has 4 aromatic rings. The molecule has 1 fully saturated rings. The lowest BCUT2D eigenvalue weighted by atomic mass is 10.1. The predicted octanol–water partition coefficient (Wildman–Crippen LogP) is 5.26. The molecule has 1 aliphatic rings. The van der Waals surface area contributed by atoms with Gasteiger partial charge >= 0.3 is 10.4 Å². The average molecular weight is 630 g/mol. The van der Waals surface area contributed by atoms with Crippen molar-refractivity contribution < 1.29 is 45.3 Å². The smallest absolute Gasteiger partial charge is 0.397 e. The molecular weight excluding hydrogens is 597 g/mol. The second kappa shape index (κ2) is 15.1. The van der Waals surface area contributed by atoms with Crippen LogP contribution < -0.4 is 24.8 Å². The van der Waals surface area contributed by atoms with Gasteiger partial charge in [-0.25, -0.2) is 4.39 Å². The third kappa shape index (κ3) is 9.36. The van der Waals surface area contributed by atoms with Gasteiger partial charge in [0.2, 0.25) is 5.91 Å². The number of nitrogens with one attached hydrogen (secondary N) is 2. The first-order valence-corrected chi connectivity index (χ1v) is 14.4. The van der Waals surface area contributed by atoms with Gasteiger partial charge in [-0.2, -0.15) is 8.42 Å². The number of halogens is 1. The first-order chi connectivity index (χ1) is 21.0. The number of rotatable bonds is 9. The minimum absolute atomic E-state index is 0.302. The first-order valence-electron chi connectivity index (χ1n) is 13.0. The fourth-order valence-corrected chi connectivity index (χ4v) is 3.67. The lowest BCUT2D eigenvalue weighted by molar-refractivity contribution is -0.126. The van der Waals surface area contributed by atoms with E-state index in [1.807, 2.05) is 49.5 Å². The third-order valence-corrected chi connectivity index (χ3v) is 6.78. The molecule has 0 atom stereocenters. The monoisotopic (exact) mass is 629 g/mol. The quantitative estimate of drug-likeness (QED) is 0.126. The van der Waals surface area contributed by atoms with Crippen molar-refractivity contribution in [2.75, 3.05) is 39.0 Å². The number of amides is 1. The number of ether oxygens (including phenoxy) is 3. The Hall–Kier alpha value is -4.79. The number of hydrogen-bond donors (Lipinski definition) is 3. The van der Waals surface area contributed by atoms with Crippen molar-refractivity contribution in [3.05, 3.63) is 78.7 Å². The molecule has 1 saturated carbocycles. The molecule has 44 heavy (non-hydrogen) atoms. The van der Waals surface area contributed by atoms with Gasteiger partial charge in [0.25, 0.3) is 0 Å². The van der Waals surface area contributed by atoms with Crippen molar-refractivity contribution in [2.45, 2.75) is 12.8 Å². The van der Waals surface area contributed by atoms with E-state index in [1.165, 1.54) is 24.3 Å². The Morgan fingerprint density at radius 2 is 1.50 bits per heavy atom. The fraction of sp³-hybridized carbons (Fsp3) is 0.233. The molecule has 0 radical (unpaired) electrons. The highest BCUT2D eigenvalue weighted by Gasteiger charge is 2.50. The van der Waals surface area contributed by atoms with Crippen LogP contribution in [0.4, 0.5) is 15.8 Å². The molecule has 0 bridgehead atoms. The van der Waals surface area contributed by atoms with Crippen LogP contribution in [0.25, 0.3) is 10.9 Å². The largest absolute Gasteiger partial charge is 0.493 e. The molecule has 1 aliphatic carbocycles. The summed E-state index contributed by atoms with van der Waals surface area (Å²) in [5.41, 5.74) is 1.50. The van der Waals surface area contributed by atoms with E-state index in [9.17, 15) is 22.4 Å². The van der Waals surface area contributed by atoms with Crippen LogP contribution in [-0.2, 0) is 24.2 Å². The summed E-state index contributed by atoms with van der Waals surface area (Å²) in [7, 11) is 1.80. The maximum atomic E-state index is 12.6. The summed E-state index contributed by atoms with van der Waals surface area (Å²) >= 11 is 0. The van der Waals surface area contributed by atoms with Gasteiger partial charge in [0.05, 0.1) is 26.8 Å². The highest BCUT2D eigenvalue weighted by molar-refractivity contribution is 7.80. The first kappa shape index (κ1) is 33.7. The Bertz CT molecular complexity index is 1680. The number of anilines is 2. The average Bonchev–Trinajstić information content (AvgIpc) is 3.84. The molecule has 14 heteroatoms. The molecule has 1 heterocycles. The van der Waals surface area contributed by atoms with E-state index in [1.54, 1.807) is 20.4 Å². The summed E-state index contributed by atoms with van der Waals surface area (Å²) in [6.07, 6.45) is 3.60. The van der Waals surface area contributed by atoms with Gasteiger partial charge in [0.15, 0.2) is 11.5 Å². The van der Waals surface area contributed by atoms with Crippen LogP contribution in [0, 0.1) is 11.2 Å². The molecule has 0 aliphatic heterocycles. The number of carbonyl (C=O) groups is 2. The summed E-state index contributed by atoms with van der Waals surface area (Å²) < 4.78 is 59.0. The summed E-state index contributed by atoms with van der Waals surface area (Å²) in [6.45, 7) is 0. The number of fused-ring (bicyclic) bond motifs is 1. The van der Waals surface area contributed by atoms with Crippen molar-refractivity contribution >= 4 is 44.9 Å². The van der Waals surface area contributed by atoms with Crippen LogP contribution in [0.15, 0.2) is 72.9 Å². The summed E-state index contributed by atoms with van der Waals surface area (Å²) in [4.78, 5) is 26.6. The van der Waals surface area contributed by atoms with Crippen LogP contribution >= 0.6 is 0 Å². The van der Waals surface area contributed by atoms with E-state index in [0.717, 1.165) is 29.4 Å². The van der Waals surface area contributed by atoms with Crippen molar-refractivity contribution in [1.82, 2.24) is 4.98 Å². The normalized spacial score (nSPS) is 12.8. The fourth-order valence-electron chi connectivity index (χ4n) is 3.67. The third-order valence-electron chi connectivity index (χ3n) is 6.36. The van der Waals surface area contributed by atoms with Gasteiger partial charge in [-0.15, -0.1) is 0 Å². The molecule has 0 unspecified atom stereocenters. The van der Waals surface area contributed by atoms with Gasteiger partial charge in [-0.05, 0) is 73.5 Å². The van der Waals surface area contributed by atoms with E-state index >= 15 is 0 Å². The zero-order valence-corrected chi connectivity index (χ0v) is 25.2. The van der Waals surface area contributed by atoms with Crippen molar-refractivity contribution in [3.63, 3.8) is 0 Å². The van der Waals surface area contributed by atoms with Gasteiger partial charge in [-0.1, -0.05) is 0 Å². The number of aromatic nitrogens is 1. The SMILES string of the molecule is CNc1ccc(Oc2ccnc3cc(OC)c(OC)cc23)cc1.COS(=O)(=O)O.O=CC1(C(=O)Nc2ccc(F)cc2)CC1. The Labute approximate surface area is 254 Å². The van der Waals surface area contributed by atoms with Gasteiger partial charge in [0.1, 0.15) is 29.0 Å². The lowest BCUT2D eigenvalue weighted by Crippen LogP contribution is -2.25. The summed E-state index contributed by atoms with van der Waals surface area (Å²) in [6, 6.07) is 18.8. The topological polar surface area (TPSA) is 162 Å². The molecule has 1 aromatic heterocycles. The van der Waals surface area contributed by atoms with Gasteiger partial charge < -0.3 is 29.6 Å². The maximum absolute atomic E-state index is 12.6. The van der Waals surface area contributed by atoms with Gasteiger partial charge in [0, 0.05) is 36.1 Å². The minimum atomic E-state index is -4.16. The minimum Gasteiger partial charge on any atom is -0.493 e. The van der Waals surface area contributed by atoms with E-state index in [2.05, 4.69) is 19.8 Å². The second-order valence-electron chi connectivity index (χ2n) is 9.24. The van der Waals surface area contributed by atoms with Crippen molar-refractivity contribution in [1.29, 1.82) is 0 Å². The molecule has 1 amide bonds. The lowest BCUT2D eigenvalue weighted by Gasteiger charge is -2.12. The highest BCUT2D eigenvalue weighted by Crippen LogP contribution is 2.44. The second-order valence-corrected chi connectivity index (χ2v) is 10.4. The van der Waals surface area contributed by atoms with Crippen LogP contribution in [-0.4, -0.2) is 58.5 Å². The Morgan fingerprint density at radius 1 is 0.932 bits per heavy atom. The number of methoxy groups -OCH3 is 2. The van der Waals surface area contributed by atoms with Crippen molar-refractivity contribution in [3.8, 4) is 23.0 Å². The molecule has 3 aromatic carbocycles. The molecule has 3 N–H and O–H groups in total. The van der Waals surface area contributed by atoms with Crippen LogP contribution in [0.2, 0.25) is 0 Å². The zero-order valence-electron chi connectivity index (χ0n) is 24.4. The highest BCUT2D eigenvalue weighted by atomic mass is 32.3. The maximum Gasteiger partial charge on any atom is 0.397 e. The molecule has 0 spiro atoms. The number of benzene rings is 3. The van der Waals surface area contributed by atoms with Crippen LogP contribution in [0.3, 0.4) is 0 Å². The standard InChI is InChI=1S/C18H18N2O3.C11H10FNO2.CH4O4S/c1-19-12-4-6-13(7-5-12)23-16-8-9-20-15-11-18(22-3)17(21-2)10-14(15)16;12-8-1-3-9(4-2-8)13-10(15)11(7-14)5-6-11;1-5-6(2,3)4/h4-11,19H,1-3H3;1-4,7H,5-6H2,(H,13,15);1H3,(H,2,3,4). The van der Waals surface area contributed by atoms with Crippen molar-refractivity contribution in [2.24, 2.45) is 5.41 Å². The summed E-state index contributed by atoms with van der Waals surface area (Å²) in [5.74, 6) is 2.10.